The van der Waals surface area contributed by atoms with E-state index in [0.29, 0.717) is 11.5 Å². The first-order valence-electron chi connectivity index (χ1n) is 8.39. The Morgan fingerprint density at radius 1 is 1.00 bits per heavy atom. The number of carbonyl (C=O) groups is 3. The van der Waals surface area contributed by atoms with Gasteiger partial charge in [0.1, 0.15) is 18.0 Å². The summed E-state index contributed by atoms with van der Waals surface area (Å²) in [5.74, 6) is -0.644. The molecule has 1 aromatic rings. The third-order valence-corrected chi connectivity index (χ3v) is 3.72. The molecule has 2 N–H and O–H groups in total. The summed E-state index contributed by atoms with van der Waals surface area (Å²) in [4.78, 5) is 35.5. The molecule has 0 unspecified atom stereocenters. The number of esters is 1. The highest BCUT2D eigenvalue weighted by Crippen LogP contribution is 2.22. The Morgan fingerprint density at radius 2 is 1.58 bits per heavy atom. The monoisotopic (exact) mass is 366 g/mol. The molecule has 144 valence electrons. The molecule has 0 aliphatic rings. The Balaban J connectivity index is 2.47. The first-order chi connectivity index (χ1) is 12.4. The number of rotatable bonds is 10. The van der Waals surface area contributed by atoms with Gasteiger partial charge in [-0.05, 0) is 25.0 Å². The molecule has 8 nitrogen and oxygen atoms in total. The molecule has 0 heterocycles. The van der Waals surface area contributed by atoms with Crippen molar-refractivity contribution in [1.82, 2.24) is 10.6 Å². The molecule has 0 radical (unpaired) electrons. The first-order valence-corrected chi connectivity index (χ1v) is 8.39. The van der Waals surface area contributed by atoms with Crippen molar-refractivity contribution in [3.63, 3.8) is 0 Å². The fraction of sp³-hybridized carbons (Fsp3) is 0.500. The number of carbonyl (C=O) groups excluding carboxylic acids is 3. The summed E-state index contributed by atoms with van der Waals surface area (Å²) in [5, 5.41) is 5.19. The van der Waals surface area contributed by atoms with E-state index in [4.69, 9.17) is 14.2 Å². The van der Waals surface area contributed by atoms with E-state index < -0.39 is 11.9 Å². The third-order valence-electron chi connectivity index (χ3n) is 3.72. The van der Waals surface area contributed by atoms with Crippen LogP contribution in [-0.4, -0.2) is 51.2 Å². The largest absolute Gasteiger partial charge is 0.497 e. The van der Waals surface area contributed by atoms with E-state index in [2.05, 4.69) is 10.6 Å². The van der Waals surface area contributed by atoms with Crippen LogP contribution in [0.5, 0.6) is 11.5 Å². The average Bonchev–Trinajstić information content (AvgIpc) is 2.67. The standard InChI is InChI=1S/C18H26N2O6/c1-5-13(6-2)20-16(21)11-26-17(22)10-19-18(23)12-7-14(24-3)9-15(8-12)25-4/h7-9,13H,5-6,10-11H2,1-4H3,(H,19,23)(H,20,21). The quantitative estimate of drug-likeness (QED) is 0.605. The van der Waals surface area contributed by atoms with Gasteiger partial charge in [-0.1, -0.05) is 13.8 Å². The van der Waals surface area contributed by atoms with Gasteiger partial charge < -0.3 is 24.8 Å². The van der Waals surface area contributed by atoms with Gasteiger partial charge in [0.05, 0.1) is 14.2 Å². The molecule has 0 aromatic heterocycles. The van der Waals surface area contributed by atoms with Crippen molar-refractivity contribution in [2.24, 2.45) is 0 Å². The van der Waals surface area contributed by atoms with Crippen LogP contribution >= 0.6 is 0 Å². The Labute approximate surface area is 153 Å². The predicted molar refractivity (Wildman–Crippen MR) is 95.4 cm³/mol. The predicted octanol–water partition coefficient (Wildman–Crippen LogP) is 1.28. The molecule has 0 saturated heterocycles. The van der Waals surface area contributed by atoms with Crippen molar-refractivity contribution in [3.8, 4) is 11.5 Å². The highest BCUT2D eigenvalue weighted by Gasteiger charge is 2.14. The first kappa shape index (κ1) is 21.3. The molecular formula is C18H26N2O6. The highest BCUT2D eigenvalue weighted by atomic mass is 16.5. The van der Waals surface area contributed by atoms with Crippen molar-refractivity contribution in [1.29, 1.82) is 0 Å². The van der Waals surface area contributed by atoms with Gasteiger partial charge in [-0.15, -0.1) is 0 Å². The average molecular weight is 366 g/mol. The maximum atomic E-state index is 12.1. The van der Waals surface area contributed by atoms with Crippen LogP contribution in [0.15, 0.2) is 18.2 Å². The van der Waals surface area contributed by atoms with E-state index in [0.717, 1.165) is 12.8 Å². The number of ether oxygens (including phenoxy) is 3. The lowest BCUT2D eigenvalue weighted by molar-refractivity contribution is -0.147. The molecule has 0 fully saturated rings. The second-order valence-electron chi connectivity index (χ2n) is 5.53. The summed E-state index contributed by atoms with van der Waals surface area (Å²) in [6.07, 6.45) is 1.60. The molecule has 1 rings (SSSR count). The van der Waals surface area contributed by atoms with Crippen LogP contribution in [0.4, 0.5) is 0 Å². The number of hydrogen-bond acceptors (Lipinski definition) is 6. The maximum Gasteiger partial charge on any atom is 0.325 e. The summed E-state index contributed by atoms with van der Waals surface area (Å²) >= 11 is 0. The Morgan fingerprint density at radius 3 is 2.08 bits per heavy atom. The highest BCUT2D eigenvalue weighted by molar-refractivity contribution is 5.96. The van der Waals surface area contributed by atoms with Crippen LogP contribution in [-0.2, 0) is 14.3 Å². The van der Waals surface area contributed by atoms with Crippen molar-refractivity contribution in [2.75, 3.05) is 27.4 Å². The van der Waals surface area contributed by atoms with Gasteiger partial charge in [0.25, 0.3) is 11.8 Å². The van der Waals surface area contributed by atoms with E-state index in [1.165, 1.54) is 26.4 Å². The normalized spacial score (nSPS) is 10.2. The van der Waals surface area contributed by atoms with Gasteiger partial charge in [-0.25, -0.2) is 0 Å². The van der Waals surface area contributed by atoms with E-state index in [1.54, 1.807) is 6.07 Å². The third kappa shape index (κ3) is 7.00. The molecule has 8 heteroatoms. The van der Waals surface area contributed by atoms with Gasteiger partial charge in [0.15, 0.2) is 6.61 Å². The minimum Gasteiger partial charge on any atom is -0.497 e. The van der Waals surface area contributed by atoms with E-state index in [9.17, 15) is 14.4 Å². The summed E-state index contributed by atoms with van der Waals surface area (Å²) in [5.41, 5.74) is 0.278. The Hall–Kier alpha value is -2.77. The van der Waals surface area contributed by atoms with Crippen molar-refractivity contribution in [2.45, 2.75) is 32.7 Å². The van der Waals surface area contributed by atoms with E-state index in [-0.39, 0.29) is 30.7 Å². The van der Waals surface area contributed by atoms with Crippen molar-refractivity contribution < 1.29 is 28.6 Å². The zero-order valence-electron chi connectivity index (χ0n) is 15.6. The SMILES string of the molecule is CCC(CC)NC(=O)COC(=O)CNC(=O)c1cc(OC)cc(OC)c1. The van der Waals surface area contributed by atoms with Crippen LogP contribution in [0.25, 0.3) is 0 Å². The van der Waals surface area contributed by atoms with E-state index in [1.807, 2.05) is 13.8 Å². The second kappa shape index (κ2) is 11.0. The molecule has 2 amide bonds. The van der Waals surface area contributed by atoms with Crippen LogP contribution in [0, 0.1) is 0 Å². The Kier molecular flexibility index (Phi) is 8.97. The minimum absolute atomic E-state index is 0.0592. The summed E-state index contributed by atoms with van der Waals surface area (Å²) in [6, 6.07) is 4.73. The summed E-state index contributed by atoms with van der Waals surface area (Å²) < 4.78 is 15.0. The van der Waals surface area contributed by atoms with E-state index >= 15 is 0 Å². The fourth-order valence-electron chi connectivity index (χ4n) is 2.15. The molecule has 0 spiro atoms. The van der Waals surface area contributed by atoms with Gasteiger partial charge >= 0.3 is 5.97 Å². The van der Waals surface area contributed by atoms with Crippen molar-refractivity contribution >= 4 is 17.8 Å². The topological polar surface area (TPSA) is 103 Å². The lowest BCUT2D eigenvalue weighted by Crippen LogP contribution is -2.38. The number of methoxy groups -OCH3 is 2. The van der Waals surface area contributed by atoms with Crippen LogP contribution in [0.1, 0.15) is 37.0 Å². The molecule has 0 atom stereocenters. The molecule has 26 heavy (non-hydrogen) atoms. The number of amides is 2. The zero-order valence-corrected chi connectivity index (χ0v) is 15.6. The molecule has 0 bridgehead atoms. The molecule has 0 aliphatic heterocycles. The summed E-state index contributed by atoms with van der Waals surface area (Å²) in [6.45, 7) is 3.20. The summed E-state index contributed by atoms with van der Waals surface area (Å²) in [7, 11) is 2.95. The molecule has 1 aromatic carbocycles. The Bertz CT molecular complexity index is 606. The molecule has 0 aliphatic carbocycles. The van der Waals surface area contributed by atoms with Crippen molar-refractivity contribution in [3.05, 3.63) is 23.8 Å². The minimum atomic E-state index is -0.701. The van der Waals surface area contributed by atoms with Crippen LogP contribution in [0.2, 0.25) is 0 Å². The van der Waals surface area contributed by atoms with Gasteiger partial charge in [0, 0.05) is 17.7 Å². The second-order valence-corrected chi connectivity index (χ2v) is 5.53. The zero-order chi connectivity index (χ0) is 19.5. The number of hydrogen-bond donors (Lipinski definition) is 2. The maximum absolute atomic E-state index is 12.1. The fourth-order valence-corrected chi connectivity index (χ4v) is 2.15. The van der Waals surface area contributed by atoms with Crippen LogP contribution in [0.3, 0.4) is 0 Å². The molecule has 0 saturated carbocycles. The number of benzene rings is 1. The van der Waals surface area contributed by atoms with Gasteiger partial charge in [-0.2, -0.15) is 0 Å². The number of nitrogens with one attached hydrogen (secondary N) is 2. The van der Waals surface area contributed by atoms with Crippen LogP contribution < -0.4 is 20.1 Å². The van der Waals surface area contributed by atoms with Gasteiger partial charge in [-0.3, -0.25) is 14.4 Å². The lowest BCUT2D eigenvalue weighted by Gasteiger charge is -2.14. The lowest BCUT2D eigenvalue weighted by atomic mass is 10.2. The molecular weight excluding hydrogens is 340 g/mol. The smallest absolute Gasteiger partial charge is 0.325 e. The van der Waals surface area contributed by atoms with Gasteiger partial charge in [0.2, 0.25) is 0 Å².